The fourth-order valence-corrected chi connectivity index (χ4v) is 3.10. The largest absolute Gasteiger partial charge is 0.347 e. The van der Waals surface area contributed by atoms with E-state index in [-0.39, 0.29) is 5.56 Å². The topological polar surface area (TPSA) is 63.2 Å². The molecule has 1 aromatic rings. The van der Waals surface area contributed by atoms with Gasteiger partial charge in [0.25, 0.3) is 15.0 Å². The minimum Gasteiger partial charge on any atom is -0.347 e. The van der Waals surface area contributed by atoms with Crippen molar-refractivity contribution in [1.29, 1.82) is 0 Å². The van der Waals surface area contributed by atoms with E-state index in [2.05, 4.69) is 5.32 Å². The lowest BCUT2D eigenvalue weighted by molar-refractivity contribution is 0.0903. The molecule has 1 fully saturated rings. The summed E-state index contributed by atoms with van der Waals surface area (Å²) in [7, 11) is 1.03. The fraction of sp³-hybridized carbons (Fsp3) is 0.462. The molecule has 0 aliphatic heterocycles. The van der Waals surface area contributed by atoms with Crippen LogP contribution in [0.3, 0.4) is 0 Å². The molecule has 0 radical (unpaired) electrons. The van der Waals surface area contributed by atoms with E-state index in [1.54, 1.807) is 0 Å². The predicted molar refractivity (Wildman–Crippen MR) is 78.7 cm³/mol. The first-order valence-electron chi connectivity index (χ1n) is 6.28. The number of rotatable bonds is 4. The normalized spacial score (nSPS) is 15.9. The molecule has 1 aromatic carbocycles. The Morgan fingerprint density at radius 2 is 1.95 bits per heavy atom. The zero-order valence-corrected chi connectivity index (χ0v) is 13.7. The van der Waals surface area contributed by atoms with Crippen LogP contribution in [-0.2, 0) is 9.05 Å². The first-order valence-corrected chi connectivity index (χ1v) is 8.97. The standard InChI is InChI=1S/C13H14Cl2FNO3S/c1-13(2,7-3-4-7)17-12(18)9-5-8(21(15,19)20)6-10(16)11(9)14/h5-7H,3-4H2,1-2H3,(H,17,18). The molecule has 21 heavy (non-hydrogen) atoms. The average Bonchev–Trinajstić information content (AvgIpc) is 3.14. The van der Waals surface area contributed by atoms with Crippen molar-refractivity contribution in [2.75, 3.05) is 0 Å². The third-order valence-electron chi connectivity index (χ3n) is 3.56. The molecule has 1 aliphatic carbocycles. The molecule has 1 N–H and O–H groups in total. The summed E-state index contributed by atoms with van der Waals surface area (Å²) in [5.41, 5.74) is -0.711. The molecule has 4 nitrogen and oxygen atoms in total. The molecular weight excluding hydrogens is 340 g/mol. The number of amides is 1. The van der Waals surface area contributed by atoms with Gasteiger partial charge in [-0.05, 0) is 44.7 Å². The summed E-state index contributed by atoms with van der Waals surface area (Å²) < 4.78 is 36.3. The third-order valence-corrected chi connectivity index (χ3v) is 5.28. The Bertz CT molecular complexity index is 700. The van der Waals surface area contributed by atoms with Gasteiger partial charge in [0.15, 0.2) is 0 Å². The number of carbonyl (C=O) groups is 1. The van der Waals surface area contributed by atoms with Crippen LogP contribution in [0, 0.1) is 11.7 Å². The summed E-state index contributed by atoms with van der Waals surface area (Å²) in [5, 5.41) is 2.33. The summed E-state index contributed by atoms with van der Waals surface area (Å²) in [6, 6.07) is 1.67. The van der Waals surface area contributed by atoms with Crippen LogP contribution in [0.5, 0.6) is 0 Å². The zero-order chi connectivity index (χ0) is 16.0. The van der Waals surface area contributed by atoms with E-state index in [9.17, 15) is 17.6 Å². The quantitative estimate of drug-likeness (QED) is 0.844. The highest BCUT2D eigenvalue weighted by Crippen LogP contribution is 2.39. The molecule has 0 atom stereocenters. The highest BCUT2D eigenvalue weighted by atomic mass is 35.7. The molecular formula is C13H14Cl2FNO3S. The number of hydrogen-bond acceptors (Lipinski definition) is 3. The molecule has 0 heterocycles. The Morgan fingerprint density at radius 1 is 1.38 bits per heavy atom. The Balaban J connectivity index is 2.38. The average molecular weight is 354 g/mol. The van der Waals surface area contributed by atoms with E-state index < -0.39 is 36.2 Å². The smallest absolute Gasteiger partial charge is 0.261 e. The lowest BCUT2D eigenvalue weighted by Gasteiger charge is -2.26. The van der Waals surface area contributed by atoms with Crippen molar-refractivity contribution < 1.29 is 17.6 Å². The first kappa shape index (κ1) is 16.5. The van der Waals surface area contributed by atoms with Crippen molar-refractivity contribution in [3.05, 3.63) is 28.5 Å². The molecule has 0 unspecified atom stereocenters. The van der Waals surface area contributed by atoms with E-state index in [0.717, 1.165) is 18.9 Å². The second-order valence-electron chi connectivity index (χ2n) is 5.65. The highest BCUT2D eigenvalue weighted by molar-refractivity contribution is 8.13. The third kappa shape index (κ3) is 3.67. The minimum absolute atomic E-state index is 0.246. The molecule has 116 valence electrons. The SMILES string of the molecule is CC(C)(NC(=O)c1cc(S(=O)(=O)Cl)cc(F)c1Cl)C1CC1. The van der Waals surface area contributed by atoms with Gasteiger partial charge in [-0.3, -0.25) is 4.79 Å². The number of benzene rings is 1. The van der Waals surface area contributed by atoms with Gasteiger partial charge < -0.3 is 5.32 Å². The Labute approximate surface area is 132 Å². The maximum Gasteiger partial charge on any atom is 0.261 e. The zero-order valence-electron chi connectivity index (χ0n) is 11.4. The Morgan fingerprint density at radius 3 is 2.43 bits per heavy atom. The van der Waals surface area contributed by atoms with E-state index in [1.165, 1.54) is 0 Å². The number of hydrogen-bond donors (Lipinski definition) is 1. The van der Waals surface area contributed by atoms with Crippen LogP contribution >= 0.6 is 22.3 Å². The van der Waals surface area contributed by atoms with E-state index in [4.69, 9.17) is 22.3 Å². The van der Waals surface area contributed by atoms with Crippen molar-refractivity contribution >= 4 is 37.2 Å². The molecule has 0 spiro atoms. The second-order valence-corrected chi connectivity index (χ2v) is 8.60. The maximum absolute atomic E-state index is 13.7. The van der Waals surface area contributed by atoms with Gasteiger partial charge in [-0.25, -0.2) is 12.8 Å². The van der Waals surface area contributed by atoms with Gasteiger partial charge in [-0.2, -0.15) is 0 Å². The number of nitrogens with one attached hydrogen (secondary N) is 1. The summed E-state index contributed by atoms with van der Waals surface area (Å²) in [6.45, 7) is 3.71. The van der Waals surface area contributed by atoms with Crippen LogP contribution in [0.1, 0.15) is 37.0 Å². The van der Waals surface area contributed by atoms with Gasteiger partial charge in [0.1, 0.15) is 5.82 Å². The molecule has 1 amide bonds. The molecule has 1 saturated carbocycles. The number of halogens is 3. The number of carbonyl (C=O) groups excluding carboxylic acids is 1. The van der Waals surface area contributed by atoms with Gasteiger partial charge in [0.05, 0.1) is 15.5 Å². The van der Waals surface area contributed by atoms with E-state index in [0.29, 0.717) is 12.0 Å². The molecule has 0 aromatic heterocycles. The molecule has 0 bridgehead atoms. The summed E-state index contributed by atoms with van der Waals surface area (Å²) in [4.78, 5) is 11.7. The first-order chi connectivity index (χ1) is 9.52. The van der Waals surface area contributed by atoms with Gasteiger partial charge in [-0.15, -0.1) is 0 Å². The van der Waals surface area contributed by atoms with Crippen LogP contribution in [0.25, 0.3) is 0 Å². The predicted octanol–water partition coefficient (Wildman–Crippen LogP) is 3.33. The summed E-state index contributed by atoms with van der Waals surface area (Å²) in [5.74, 6) is -1.28. The highest BCUT2D eigenvalue weighted by Gasteiger charge is 2.39. The Hall–Kier alpha value is -0.850. The molecule has 2 rings (SSSR count). The summed E-state index contributed by atoms with van der Waals surface area (Å²) in [6.07, 6.45) is 2.01. The van der Waals surface area contributed by atoms with Crippen molar-refractivity contribution in [3.8, 4) is 0 Å². The van der Waals surface area contributed by atoms with Crippen molar-refractivity contribution in [1.82, 2.24) is 5.32 Å². The van der Waals surface area contributed by atoms with Crippen LogP contribution in [-0.4, -0.2) is 19.9 Å². The van der Waals surface area contributed by atoms with Crippen LogP contribution in [0.2, 0.25) is 5.02 Å². The van der Waals surface area contributed by atoms with Crippen molar-refractivity contribution in [2.45, 2.75) is 37.1 Å². The molecule has 1 aliphatic rings. The van der Waals surface area contributed by atoms with Gasteiger partial charge in [-0.1, -0.05) is 11.6 Å². The lowest BCUT2D eigenvalue weighted by Crippen LogP contribution is -2.45. The molecule has 8 heteroatoms. The van der Waals surface area contributed by atoms with E-state index in [1.807, 2.05) is 13.8 Å². The lowest BCUT2D eigenvalue weighted by atomic mass is 9.98. The Kier molecular flexibility index (Phi) is 4.26. The monoisotopic (exact) mass is 353 g/mol. The van der Waals surface area contributed by atoms with Crippen LogP contribution < -0.4 is 5.32 Å². The van der Waals surface area contributed by atoms with Crippen molar-refractivity contribution in [2.24, 2.45) is 5.92 Å². The maximum atomic E-state index is 13.7. The van der Waals surface area contributed by atoms with Crippen molar-refractivity contribution in [3.63, 3.8) is 0 Å². The second kappa shape index (κ2) is 5.41. The summed E-state index contributed by atoms with van der Waals surface area (Å²) >= 11 is 5.76. The van der Waals surface area contributed by atoms with Crippen LogP contribution in [0.4, 0.5) is 4.39 Å². The fourth-order valence-electron chi connectivity index (χ4n) is 2.14. The van der Waals surface area contributed by atoms with Gasteiger partial charge >= 0.3 is 0 Å². The van der Waals surface area contributed by atoms with Crippen LogP contribution in [0.15, 0.2) is 17.0 Å². The van der Waals surface area contributed by atoms with E-state index >= 15 is 0 Å². The van der Waals surface area contributed by atoms with Gasteiger partial charge in [0.2, 0.25) is 0 Å². The van der Waals surface area contributed by atoms with Gasteiger partial charge in [0, 0.05) is 16.2 Å². The molecule has 0 saturated heterocycles. The minimum atomic E-state index is -4.15.